The molecule has 222 valence electrons. The Morgan fingerprint density at radius 3 is 2.27 bits per heavy atom. The molecule has 40 heavy (non-hydrogen) atoms. The number of fused-ring (bicyclic) bond motifs is 1. The molecular formula is C30H46N4O6. The second-order valence-corrected chi connectivity index (χ2v) is 13.7. The van der Waals surface area contributed by atoms with E-state index in [2.05, 4.69) is 36.4 Å². The highest BCUT2D eigenvalue weighted by Crippen LogP contribution is 2.65. The molecule has 0 bridgehead atoms. The van der Waals surface area contributed by atoms with Gasteiger partial charge in [-0.1, -0.05) is 45.6 Å². The van der Waals surface area contributed by atoms with Gasteiger partial charge >= 0.3 is 6.09 Å². The first-order valence-electron chi connectivity index (χ1n) is 14.8. The van der Waals surface area contributed by atoms with Gasteiger partial charge in [0, 0.05) is 13.1 Å². The number of carbonyl (C=O) groups is 5. The summed E-state index contributed by atoms with van der Waals surface area (Å²) < 4.78 is 5.47. The molecule has 3 N–H and O–H groups in total. The first kappa shape index (κ1) is 30.1. The third-order valence-electron chi connectivity index (χ3n) is 9.10. The van der Waals surface area contributed by atoms with Crippen LogP contribution in [0.15, 0.2) is 12.7 Å². The number of amides is 4. The predicted octanol–water partition coefficient (Wildman–Crippen LogP) is 2.71. The molecule has 3 saturated carbocycles. The second kappa shape index (κ2) is 11.5. The summed E-state index contributed by atoms with van der Waals surface area (Å²) in [7, 11) is 0. The number of hydrogen-bond acceptors (Lipinski definition) is 6. The van der Waals surface area contributed by atoms with Crippen LogP contribution in [0.4, 0.5) is 4.79 Å². The fourth-order valence-corrected chi connectivity index (χ4v) is 6.68. The van der Waals surface area contributed by atoms with Crippen molar-refractivity contribution in [3.63, 3.8) is 0 Å². The number of nitrogens with zero attached hydrogens (tertiary/aromatic N) is 1. The number of Topliss-reactive ketones (excluding diaryl/α,β-unsaturated/α-hetero) is 1. The summed E-state index contributed by atoms with van der Waals surface area (Å²) >= 11 is 0. The molecule has 1 unspecified atom stereocenters. The normalized spacial score (nSPS) is 26.7. The van der Waals surface area contributed by atoms with Crippen molar-refractivity contribution in [2.24, 2.45) is 29.1 Å². The van der Waals surface area contributed by atoms with E-state index in [-0.39, 0.29) is 41.5 Å². The lowest BCUT2D eigenvalue weighted by molar-refractivity contribution is -0.144. The van der Waals surface area contributed by atoms with Crippen molar-refractivity contribution in [3.8, 4) is 0 Å². The summed E-state index contributed by atoms with van der Waals surface area (Å²) in [5, 5.41) is 8.21. The van der Waals surface area contributed by atoms with Crippen molar-refractivity contribution in [1.29, 1.82) is 0 Å². The number of alkyl carbamates (subject to hydrolysis) is 1. The van der Waals surface area contributed by atoms with Gasteiger partial charge in [0.1, 0.15) is 17.7 Å². The molecule has 0 aromatic heterocycles. The van der Waals surface area contributed by atoms with Crippen LogP contribution in [-0.2, 0) is 23.9 Å². The number of rotatable bonds is 11. The van der Waals surface area contributed by atoms with Gasteiger partial charge in [-0.05, 0) is 69.1 Å². The maximum absolute atomic E-state index is 14.1. The SMILES string of the molecule is C=CCNC(=O)C(=O)C(CC1CC1)NC(=O)[C@@H]1[C@@H]2[C@H](CN1C(=O)[C@@H](NC(=O)OC(C)(C)C)C1CCCC1)C2(C)C. The standard InChI is InChI=1S/C30H46N4O6/c1-7-14-31-26(37)24(35)20(15-17-12-13-17)32-25(36)23-21-19(30(21,5)6)16-34(23)27(38)22(18-10-8-9-11-18)33-28(39)40-29(2,3)4/h7,17-23H,1,8-16H2,2-6H3,(H,31,37)(H,32,36)(H,33,39)/t19-,20?,21-,22-,23-/m0/s1. The van der Waals surface area contributed by atoms with Gasteiger partial charge in [-0.15, -0.1) is 6.58 Å². The molecule has 4 aliphatic rings. The number of carbonyl (C=O) groups excluding carboxylic acids is 5. The fraction of sp³-hybridized carbons (Fsp3) is 0.767. The van der Waals surface area contributed by atoms with Crippen LogP contribution in [0.5, 0.6) is 0 Å². The Balaban J connectivity index is 1.53. The van der Waals surface area contributed by atoms with E-state index < -0.39 is 47.4 Å². The highest BCUT2D eigenvalue weighted by molar-refractivity contribution is 6.38. The highest BCUT2D eigenvalue weighted by Gasteiger charge is 2.69. The van der Waals surface area contributed by atoms with Crippen molar-refractivity contribution in [3.05, 3.63) is 12.7 Å². The molecule has 10 nitrogen and oxygen atoms in total. The Morgan fingerprint density at radius 1 is 1.05 bits per heavy atom. The van der Waals surface area contributed by atoms with Gasteiger partial charge < -0.3 is 25.6 Å². The number of likely N-dealkylation sites (tertiary alicyclic amines) is 1. The zero-order valence-electron chi connectivity index (χ0n) is 24.6. The minimum absolute atomic E-state index is 0.0357. The van der Waals surface area contributed by atoms with Crippen molar-refractivity contribution >= 4 is 29.6 Å². The van der Waals surface area contributed by atoms with E-state index in [1.807, 2.05) is 0 Å². The van der Waals surface area contributed by atoms with Gasteiger partial charge in [-0.3, -0.25) is 19.2 Å². The molecule has 1 heterocycles. The molecule has 1 aliphatic heterocycles. The van der Waals surface area contributed by atoms with Gasteiger partial charge in [0.25, 0.3) is 5.91 Å². The van der Waals surface area contributed by atoms with Crippen molar-refractivity contribution in [2.75, 3.05) is 13.1 Å². The van der Waals surface area contributed by atoms with Crippen LogP contribution >= 0.6 is 0 Å². The van der Waals surface area contributed by atoms with Gasteiger partial charge in [0.2, 0.25) is 17.6 Å². The van der Waals surface area contributed by atoms with E-state index >= 15 is 0 Å². The van der Waals surface area contributed by atoms with Crippen LogP contribution in [0.3, 0.4) is 0 Å². The summed E-state index contributed by atoms with van der Waals surface area (Å²) in [6.45, 7) is 13.6. The van der Waals surface area contributed by atoms with Gasteiger partial charge in [-0.2, -0.15) is 0 Å². The van der Waals surface area contributed by atoms with Crippen LogP contribution in [0, 0.1) is 29.1 Å². The molecule has 1 saturated heterocycles. The average Bonchev–Trinajstić information content (AvgIpc) is 3.57. The van der Waals surface area contributed by atoms with Crippen LogP contribution in [-0.4, -0.2) is 71.3 Å². The smallest absolute Gasteiger partial charge is 0.408 e. The van der Waals surface area contributed by atoms with E-state index in [1.165, 1.54) is 6.08 Å². The average molecular weight is 559 g/mol. The van der Waals surface area contributed by atoms with E-state index in [4.69, 9.17) is 4.74 Å². The van der Waals surface area contributed by atoms with E-state index in [0.717, 1.165) is 38.5 Å². The van der Waals surface area contributed by atoms with E-state index in [0.29, 0.717) is 13.0 Å². The molecule has 4 fully saturated rings. The molecule has 0 aromatic rings. The minimum Gasteiger partial charge on any atom is -0.444 e. The van der Waals surface area contributed by atoms with Crippen LogP contribution < -0.4 is 16.0 Å². The van der Waals surface area contributed by atoms with Crippen molar-refractivity contribution in [1.82, 2.24) is 20.9 Å². The van der Waals surface area contributed by atoms with Gasteiger partial charge in [0.05, 0.1) is 6.04 Å². The quantitative estimate of drug-likeness (QED) is 0.264. The summed E-state index contributed by atoms with van der Waals surface area (Å²) in [5.41, 5.74) is -0.840. The molecular weight excluding hydrogens is 512 g/mol. The molecule has 0 aromatic carbocycles. The number of ether oxygens (including phenoxy) is 1. The molecule has 4 amide bonds. The predicted molar refractivity (Wildman–Crippen MR) is 149 cm³/mol. The van der Waals surface area contributed by atoms with Crippen LogP contribution in [0.1, 0.15) is 79.6 Å². The van der Waals surface area contributed by atoms with E-state index in [1.54, 1.807) is 25.7 Å². The Hall–Kier alpha value is -2.91. The number of piperidine rings is 1. The molecule has 0 radical (unpaired) electrons. The lowest BCUT2D eigenvalue weighted by Crippen LogP contribution is -2.59. The minimum atomic E-state index is -0.951. The van der Waals surface area contributed by atoms with Crippen LogP contribution in [0.2, 0.25) is 0 Å². The third-order valence-corrected chi connectivity index (χ3v) is 9.10. The molecule has 10 heteroatoms. The van der Waals surface area contributed by atoms with E-state index in [9.17, 15) is 24.0 Å². The monoisotopic (exact) mass is 558 g/mol. The Bertz CT molecular complexity index is 1040. The Labute approximate surface area is 237 Å². The zero-order valence-corrected chi connectivity index (χ0v) is 24.6. The molecule has 0 spiro atoms. The molecule has 3 aliphatic carbocycles. The maximum Gasteiger partial charge on any atom is 0.408 e. The Morgan fingerprint density at radius 2 is 1.70 bits per heavy atom. The van der Waals surface area contributed by atoms with Gasteiger partial charge in [-0.25, -0.2) is 4.79 Å². The topological polar surface area (TPSA) is 134 Å². The molecule has 4 rings (SSSR count). The number of ketones is 1. The summed E-state index contributed by atoms with van der Waals surface area (Å²) in [6, 6.07) is -2.52. The van der Waals surface area contributed by atoms with Crippen molar-refractivity contribution in [2.45, 2.75) is 103 Å². The van der Waals surface area contributed by atoms with Gasteiger partial charge in [0.15, 0.2) is 0 Å². The fourth-order valence-electron chi connectivity index (χ4n) is 6.68. The summed E-state index contributed by atoms with van der Waals surface area (Å²) in [5.74, 6) is -1.79. The first-order chi connectivity index (χ1) is 18.7. The Kier molecular flexibility index (Phi) is 8.66. The highest BCUT2D eigenvalue weighted by atomic mass is 16.6. The third kappa shape index (κ3) is 6.69. The largest absolute Gasteiger partial charge is 0.444 e. The van der Waals surface area contributed by atoms with Crippen molar-refractivity contribution < 1.29 is 28.7 Å². The maximum atomic E-state index is 14.1. The zero-order chi connectivity index (χ0) is 29.4. The number of nitrogens with one attached hydrogen (secondary N) is 3. The van der Waals surface area contributed by atoms with Crippen LogP contribution in [0.25, 0.3) is 0 Å². The summed E-state index contributed by atoms with van der Waals surface area (Å²) in [6.07, 6.45) is 6.73. The lowest BCUT2D eigenvalue weighted by atomic mass is 9.94. The second-order valence-electron chi connectivity index (χ2n) is 13.7. The lowest BCUT2D eigenvalue weighted by Gasteiger charge is -2.35. The summed E-state index contributed by atoms with van der Waals surface area (Å²) in [4.78, 5) is 67.8. The first-order valence-corrected chi connectivity index (χ1v) is 14.8. The number of hydrogen-bond donors (Lipinski definition) is 3. The molecule has 5 atom stereocenters.